The molecule has 0 aromatic heterocycles. The molecule has 1 aromatic rings. The molecule has 0 bridgehead atoms. The summed E-state index contributed by atoms with van der Waals surface area (Å²) in [5.41, 5.74) is 1.74. The van der Waals surface area contributed by atoms with Crippen LogP contribution in [0.25, 0.3) is 0 Å². The lowest BCUT2D eigenvalue weighted by atomic mass is 10.1. The minimum atomic E-state index is -0.106. The summed E-state index contributed by atoms with van der Waals surface area (Å²) in [6.45, 7) is 9.52. The zero-order chi connectivity index (χ0) is 14.4. The molecule has 112 valence electrons. The minimum absolute atomic E-state index is 0.106. The highest BCUT2D eigenvalue weighted by atomic mass is 19.1. The van der Waals surface area contributed by atoms with Crippen molar-refractivity contribution in [2.24, 2.45) is 5.92 Å². The fourth-order valence-electron chi connectivity index (χ4n) is 2.86. The second kappa shape index (κ2) is 7.75. The van der Waals surface area contributed by atoms with Crippen molar-refractivity contribution in [3.63, 3.8) is 0 Å². The number of rotatable bonds is 6. The van der Waals surface area contributed by atoms with Gasteiger partial charge in [0.1, 0.15) is 5.82 Å². The Balaban J connectivity index is 1.67. The molecular weight excluding hydrogens is 251 g/mol. The predicted octanol–water partition coefficient (Wildman–Crippen LogP) is 3.35. The Morgan fingerprint density at radius 3 is 2.70 bits per heavy atom. The number of likely N-dealkylation sites (tertiary alicyclic amines) is 1. The van der Waals surface area contributed by atoms with E-state index in [9.17, 15) is 4.39 Å². The monoisotopic (exact) mass is 278 g/mol. The lowest BCUT2D eigenvalue weighted by Crippen LogP contribution is -2.36. The summed E-state index contributed by atoms with van der Waals surface area (Å²) in [7, 11) is 0. The van der Waals surface area contributed by atoms with Crippen LogP contribution in [-0.4, -0.2) is 31.1 Å². The van der Waals surface area contributed by atoms with Gasteiger partial charge in [-0.2, -0.15) is 0 Å². The molecule has 1 unspecified atom stereocenters. The maximum absolute atomic E-state index is 13.4. The molecule has 0 radical (unpaired) electrons. The van der Waals surface area contributed by atoms with E-state index in [0.717, 1.165) is 18.7 Å². The maximum Gasteiger partial charge on any atom is 0.126 e. The Morgan fingerprint density at radius 2 is 2.00 bits per heavy atom. The molecule has 1 heterocycles. The summed E-state index contributed by atoms with van der Waals surface area (Å²) in [6, 6.07) is 5.49. The van der Waals surface area contributed by atoms with Crippen molar-refractivity contribution in [3.8, 4) is 0 Å². The predicted molar refractivity (Wildman–Crippen MR) is 82.3 cm³/mol. The largest absolute Gasteiger partial charge is 0.312 e. The molecule has 1 aromatic carbocycles. The summed E-state index contributed by atoms with van der Waals surface area (Å²) >= 11 is 0. The molecule has 1 saturated heterocycles. The fraction of sp³-hybridized carbons (Fsp3) is 0.647. The number of piperidine rings is 1. The molecule has 1 aliphatic rings. The third-order valence-electron chi connectivity index (χ3n) is 4.08. The van der Waals surface area contributed by atoms with Crippen molar-refractivity contribution in [3.05, 3.63) is 35.1 Å². The van der Waals surface area contributed by atoms with E-state index in [4.69, 9.17) is 0 Å². The lowest BCUT2D eigenvalue weighted by Gasteiger charge is -2.29. The SMILES string of the molecule is Cc1ccc(CNCC(C)CN2CCCCC2)cc1F. The van der Waals surface area contributed by atoms with Gasteiger partial charge in [0, 0.05) is 13.1 Å². The molecule has 1 aliphatic heterocycles. The summed E-state index contributed by atoms with van der Waals surface area (Å²) in [5, 5.41) is 3.44. The molecule has 0 saturated carbocycles. The van der Waals surface area contributed by atoms with E-state index < -0.39 is 0 Å². The van der Waals surface area contributed by atoms with Crippen LogP contribution >= 0.6 is 0 Å². The number of benzene rings is 1. The molecule has 3 heteroatoms. The Labute approximate surface area is 122 Å². The van der Waals surface area contributed by atoms with Crippen LogP contribution < -0.4 is 5.32 Å². The highest BCUT2D eigenvalue weighted by molar-refractivity contribution is 5.23. The fourth-order valence-corrected chi connectivity index (χ4v) is 2.86. The Bertz CT molecular complexity index is 413. The van der Waals surface area contributed by atoms with Gasteiger partial charge in [-0.15, -0.1) is 0 Å². The molecule has 1 atom stereocenters. The molecule has 0 aliphatic carbocycles. The van der Waals surface area contributed by atoms with Crippen LogP contribution in [0.4, 0.5) is 4.39 Å². The van der Waals surface area contributed by atoms with Crippen LogP contribution in [0.5, 0.6) is 0 Å². The van der Waals surface area contributed by atoms with Crippen LogP contribution in [0.2, 0.25) is 0 Å². The maximum atomic E-state index is 13.4. The number of nitrogens with one attached hydrogen (secondary N) is 1. The molecular formula is C17H27FN2. The number of halogens is 1. The first kappa shape index (κ1) is 15.5. The smallest absolute Gasteiger partial charge is 0.126 e. The van der Waals surface area contributed by atoms with Gasteiger partial charge in [0.25, 0.3) is 0 Å². The van der Waals surface area contributed by atoms with E-state index in [0.29, 0.717) is 11.5 Å². The van der Waals surface area contributed by atoms with Crippen LogP contribution in [-0.2, 0) is 6.54 Å². The van der Waals surface area contributed by atoms with E-state index in [1.165, 1.54) is 38.9 Å². The molecule has 2 rings (SSSR count). The lowest BCUT2D eigenvalue weighted by molar-refractivity contribution is 0.199. The van der Waals surface area contributed by atoms with Crippen LogP contribution in [0.1, 0.15) is 37.3 Å². The third kappa shape index (κ3) is 4.88. The summed E-state index contributed by atoms with van der Waals surface area (Å²) in [4.78, 5) is 2.57. The van der Waals surface area contributed by atoms with E-state index in [1.807, 2.05) is 12.1 Å². The quantitative estimate of drug-likeness (QED) is 0.858. The standard InChI is InChI=1S/C17H27FN2/c1-14(13-20-8-4-3-5-9-20)11-19-12-16-7-6-15(2)17(18)10-16/h6-7,10,14,19H,3-5,8-9,11-13H2,1-2H3. The number of hydrogen-bond donors (Lipinski definition) is 1. The van der Waals surface area contributed by atoms with Gasteiger partial charge in [-0.05, 0) is 62.5 Å². The van der Waals surface area contributed by atoms with Gasteiger partial charge in [-0.25, -0.2) is 4.39 Å². The van der Waals surface area contributed by atoms with Crippen molar-refractivity contribution in [2.45, 2.75) is 39.7 Å². The summed E-state index contributed by atoms with van der Waals surface area (Å²) in [5.74, 6) is 0.536. The van der Waals surface area contributed by atoms with E-state index in [1.54, 1.807) is 13.0 Å². The van der Waals surface area contributed by atoms with E-state index in [2.05, 4.69) is 17.1 Å². The Hall–Kier alpha value is -0.930. The van der Waals surface area contributed by atoms with Gasteiger partial charge < -0.3 is 10.2 Å². The van der Waals surface area contributed by atoms with E-state index >= 15 is 0 Å². The van der Waals surface area contributed by atoms with E-state index in [-0.39, 0.29) is 5.82 Å². The van der Waals surface area contributed by atoms with Gasteiger partial charge >= 0.3 is 0 Å². The van der Waals surface area contributed by atoms with Gasteiger partial charge in [-0.1, -0.05) is 25.5 Å². The normalized spacial score (nSPS) is 18.1. The van der Waals surface area contributed by atoms with Crippen molar-refractivity contribution in [1.29, 1.82) is 0 Å². The average molecular weight is 278 g/mol. The topological polar surface area (TPSA) is 15.3 Å². The molecule has 20 heavy (non-hydrogen) atoms. The van der Waals surface area contributed by atoms with Gasteiger partial charge in [-0.3, -0.25) is 0 Å². The van der Waals surface area contributed by atoms with Crippen molar-refractivity contribution < 1.29 is 4.39 Å². The van der Waals surface area contributed by atoms with Gasteiger partial charge in [0.2, 0.25) is 0 Å². The van der Waals surface area contributed by atoms with Crippen LogP contribution in [0, 0.1) is 18.7 Å². The first-order valence-corrected chi connectivity index (χ1v) is 7.83. The van der Waals surface area contributed by atoms with Crippen molar-refractivity contribution in [1.82, 2.24) is 10.2 Å². The second-order valence-electron chi connectivity index (χ2n) is 6.18. The number of aryl methyl sites for hydroxylation is 1. The Kier molecular flexibility index (Phi) is 5.99. The first-order valence-electron chi connectivity index (χ1n) is 7.83. The molecule has 0 amide bonds. The minimum Gasteiger partial charge on any atom is -0.312 e. The summed E-state index contributed by atoms with van der Waals surface area (Å²) < 4.78 is 13.4. The number of nitrogens with zero attached hydrogens (tertiary/aromatic N) is 1. The first-order chi connectivity index (χ1) is 9.65. The zero-order valence-electron chi connectivity index (χ0n) is 12.8. The molecule has 0 spiro atoms. The van der Waals surface area contributed by atoms with Crippen LogP contribution in [0.3, 0.4) is 0 Å². The highest BCUT2D eigenvalue weighted by Crippen LogP contribution is 2.11. The Morgan fingerprint density at radius 1 is 1.25 bits per heavy atom. The number of hydrogen-bond acceptors (Lipinski definition) is 2. The third-order valence-corrected chi connectivity index (χ3v) is 4.08. The second-order valence-corrected chi connectivity index (χ2v) is 6.18. The van der Waals surface area contributed by atoms with Gasteiger partial charge in [0.15, 0.2) is 0 Å². The summed E-state index contributed by atoms with van der Waals surface area (Å²) in [6.07, 6.45) is 4.09. The molecule has 1 N–H and O–H groups in total. The molecule has 1 fully saturated rings. The van der Waals surface area contributed by atoms with Gasteiger partial charge in [0.05, 0.1) is 0 Å². The van der Waals surface area contributed by atoms with Crippen molar-refractivity contribution >= 4 is 0 Å². The average Bonchev–Trinajstić information content (AvgIpc) is 2.44. The van der Waals surface area contributed by atoms with Crippen LogP contribution in [0.15, 0.2) is 18.2 Å². The highest BCUT2D eigenvalue weighted by Gasteiger charge is 2.13. The molecule has 2 nitrogen and oxygen atoms in total. The zero-order valence-corrected chi connectivity index (χ0v) is 12.8. The van der Waals surface area contributed by atoms with Crippen molar-refractivity contribution in [2.75, 3.05) is 26.2 Å².